The molecule has 0 spiro atoms. The van der Waals surface area contributed by atoms with E-state index in [1.165, 1.54) is 16.0 Å². The second kappa shape index (κ2) is 8.30. The van der Waals surface area contributed by atoms with Crippen LogP contribution in [0.2, 0.25) is 5.02 Å². The van der Waals surface area contributed by atoms with E-state index >= 15 is 0 Å². The highest BCUT2D eigenvalue weighted by Crippen LogP contribution is 2.37. The molecule has 29 heavy (non-hydrogen) atoms. The summed E-state index contributed by atoms with van der Waals surface area (Å²) in [7, 11) is 2.07. The van der Waals surface area contributed by atoms with Gasteiger partial charge < -0.3 is 4.31 Å². The Morgan fingerprint density at radius 3 is 2.59 bits per heavy atom. The van der Waals surface area contributed by atoms with E-state index in [1.54, 1.807) is 23.7 Å². The Kier molecular flexibility index (Phi) is 5.76. The molecule has 0 aliphatic carbocycles. The highest BCUT2D eigenvalue weighted by atomic mass is 35.5. The van der Waals surface area contributed by atoms with Gasteiger partial charge in [-0.05, 0) is 79.6 Å². The fourth-order valence-corrected chi connectivity index (χ4v) is 5.16. The molecule has 0 fully saturated rings. The van der Waals surface area contributed by atoms with E-state index < -0.39 is 0 Å². The Morgan fingerprint density at radius 1 is 1.00 bits per heavy atom. The van der Waals surface area contributed by atoms with Crippen LogP contribution in [-0.2, 0) is 0 Å². The molecule has 0 amide bonds. The zero-order valence-electron chi connectivity index (χ0n) is 16.7. The molecule has 0 aliphatic rings. The summed E-state index contributed by atoms with van der Waals surface area (Å²) in [6.07, 6.45) is 2.08. The third kappa shape index (κ3) is 3.97. The predicted molar refractivity (Wildman–Crippen MR) is 126 cm³/mol. The average molecular weight is 441 g/mol. The van der Waals surface area contributed by atoms with Crippen LogP contribution >= 0.6 is 35.3 Å². The second-order valence-corrected chi connectivity index (χ2v) is 9.24. The molecule has 0 N–H and O–H groups in total. The number of para-hydroxylation sites is 1. The van der Waals surface area contributed by atoms with Crippen molar-refractivity contribution < 1.29 is 0 Å². The van der Waals surface area contributed by atoms with Gasteiger partial charge in [0.25, 0.3) is 0 Å². The molecular formula is C22H21ClN4S2. The lowest BCUT2D eigenvalue weighted by atomic mass is 10.2. The Hall–Kier alpha value is -2.15. The van der Waals surface area contributed by atoms with Gasteiger partial charge in [-0.1, -0.05) is 35.0 Å². The fourth-order valence-electron chi connectivity index (χ4n) is 3.25. The van der Waals surface area contributed by atoms with Crippen LogP contribution in [0.4, 0.5) is 5.69 Å². The summed E-state index contributed by atoms with van der Waals surface area (Å²) in [6, 6.07) is 18.4. The molecular weight excluding hydrogens is 420 g/mol. The molecule has 1 heterocycles. The minimum Gasteiger partial charge on any atom is -0.315 e. The summed E-state index contributed by atoms with van der Waals surface area (Å²) < 4.78 is 4.06. The molecule has 148 valence electrons. The first-order chi connectivity index (χ1) is 14.0. The Balaban J connectivity index is 1.70. The second-order valence-electron chi connectivity index (χ2n) is 6.78. The number of fused-ring (bicyclic) bond motifs is 1. The van der Waals surface area contributed by atoms with Crippen LogP contribution in [-0.4, -0.2) is 28.3 Å². The zero-order chi connectivity index (χ0) is 20.5. The average Bonchev–Trinajstić information content (AvgIpc) is 3.15. The quantitative estimate of drug-likeness (QED) is 0.259. The first kappa shape index (κ1) is 20.1. The monoisotopic (exact) mass is 440 g/mol. The van der Waals surface area contributed by atoms with Gasteiger partial charge in [-0.15, -0.1) is 16.9 Å². The molecule has 1 aromatic heterocycles. The Labute approximate surface area is 184 Å². The van der Waals surface area contributed by atoms with Crippen molar-refractivity contribution in [1.82, 2.24) is 15.0 Å². The number of benzene rings is 3. The third-order valence-electron chi connectivity index (χ3n) is 4.86. The Morgan fingerprint density at radius 2 is 1.79 bits per heavy atom. The van der Waals surface area contributed by atoms with E-state index in [-0.39, 0.29) is 0 Å². The smallest absolute Gasteiger partial charge is 0.113 e. The molecule has 0 atom stereocenters. The summed E-state index contributed by atoms with van der Waals surface area (Å²) in [5.41, 5.74) is 6.43. The maximum absolute atomic E-state index is 6.36. The van der Waals surface area contributed by atoms with Crippen molar-refractivity contribution in [3.05, 3.63) is 70.7 Å². The van der Waals surface area contributed by atoms with E-state index in [2.05, 4.69) is 60.0 Å². The lowest BCUT2D eigenvalue weighted by molar-refractivity contribution is 0.821. The number of hydrogen-bond donors (Lipinski definition) is 0. The van der Waals surface area contributed by atoms with Crippen molar-refractivity contribution in [3.8, 4) is 5.69 Å². The van der Waals surface area contributed by atoms with Crippen LogP contribution in [0.1, 0.15) is 11.1 Å². The van der Waals surface area contributed by atoms with Gasteiger partial charge in [-0.3, -0.25) is 0 Å². The maximum Gasteiger partial charge on any atom is 0.113 e. The zero-order valence-corrected chi connectivity index (χ0v) is 19.1. The van der Waals surface area contributed by atoms with Crippen LogP contribution in [0.15, 0.2) is 64.4 Å². The lowest BCUT2D eigenvalue weighted by Crippen LogP contribution is -2.09. The van der Waals surface area contributed by atoms with Crippen LogP contribution < -0.4 is 4.31 Å². The van der Waals surface area contributed by atoms with E-state index in [4.69, 9.17) is 11.6 Å². The molecule has 0 unspecified atom stereocenters. The van der Waals surface area contributed by atoms with Crippen LogP contribution in [0.5, 0.6) is 0 Å². The van der Waals surface area contributed by atoms with E-state index in [1.807, 2.05) is 41.1 Å². The molecule has 0 aliphatic heterocycles. The topological polar surface area (TPSA) is 34.0 Å². The van der Waals surface area contributed by atoms with Crippen LogP contribution in [0, 0.1) is 13.8 Å². The first-order valence-electron chi connectivity index (χ1n) is 9.15. The number of aromatic nitrogens is 3. The fraction of sp³-hybridized carbons (Fsp3) is 0.182. The maximum atomic E-state index is 6.36. The highest BCUT2D eigenvalue weighted by Gasteiger charge is 2.14. The SMILES string of the molecule is CSc1cc(Cl)cc(N(C)Sc2cc(-n3nnc4ccccc43)ccc2C)c1C. The molecule has 3 aromatic carbocycles. The standard InChI is InChI=1S/C22H21ClN4S2/c1-14-9-10-17(27-19-8-6-5-7-18(19)24-25-27)13-21(14)29-26(3)20-11-16(23)12-22(28-4)15(20)2/h5-13H,1-4H3. The minimum atomic E-state index is 0.752. The summed E-state index contributed by atoms with van der Waals surface area (Å²) >= 11 is 9.76. The summed E-state index contributed by atoms with van der Waals surface area (Å²) in [6.45, 7) is 4.26. The van der Waals surface area contributed by atoms with Gasteiger partial charge in [0.05, 0.1) is 16.9 Å². The number of nitrogens with zero attached hydrogens (tertiary/aromatic N) is 4. The van der Waals surface area contributed by atoms with Crippen molar-refractivity contribution in [2.45, 2.75) is 23.6 Å². The molecule has 0 saturated heterocycles. The van der Waals surface area contributed by atoms with Gasteiger partial charge in [0.15, 0.2) is 0 Å². The van der Waals surface area contributed by atoms with Gasteiger partial charge in [0, 0.05) is 21.9 Å². The minimum absolute atomic E-state index is 0.752. The van der Waals surface area contributed by atoms with E-state index in [9.17, 15) is 0 Å². The van der Waals surface area contributed by atoms with Crippen molar-refractivity contribution >= 4 is 52.0 Å². The lowest BCUT2D eigenvalue weighted by Gasteiger charge is -2.23. The van der Waals surface area contributed by atoms with Crippen molar-refractivity contribution in [3.63, 3.8) is 0 Å². The third-order valence-corrected chi connectivity index (χ3v) is 7.05. The van der Waals surface area contributed by atoms with Gasteiger partial charge in [0.1, 0.15) is 5.52 Å². The largest absolute Gasteiger partial charge is 0.315 e. The molecule has 4 nitrogen and oxygen atoms in total. The summed E-state index contributed by atoms with van der Waals surface area (Å²) in [5.74, 6) is 0. The number of halogens is 1. The van der Waals surface area contributed by atoms with Crippen LogP contribution in [0.25, 0.3) is 16.7 Å². The van der Waals surface area contributed by atoms with Crippen molar-refractivity contribution in [2.75, 3.05) is 17.6 Å². The van der Waals surface area contributed by atoms with Crippen molar-refractivity contribution in [1.29, 1.82) is 0 Å². The Bertz CT molecular complexity index is 1190. The number of rotatable bonds is 5. The van der Waals surface area contributed by atoms with Gasteiger partial charge >= 0.3 is 0 Å². The molecule has 7 heteroatoms. The summed E-state index contributed by atoms with van der Waals surface area (Å²) in [5, 5.41) is 9.37. The van der Waals surface area contributed by atoms with E-state index in [0.29, 0.717) is 0 Å². The number of thioether (sulfide) groups is 1. The van der Waals surface area contributed by atoms with Crippen LogP contribution in [0.3, 0.4) is 0 Å². The normalized spacial score (nSPS) is 11.2. The molecule has 0 radical (unpaired) electrons. The van der Waals surface area contributed by atoms with E-state index in [0.717, 1.165) is 32.3 Å². The van der Waals surface area contributed by atoms with Gasteiger partial charge in [-0.25, -0.2) is 4.68 Å². The predicted octanol–water partition coefficient (Wildman–Crippen LogP) is 6.56. The molecule has 4 rings (SSSR count). The summed E-state index contributed by atoms with van der Waals surface area (Å²) in [4.78, 5) is 2.36. The van der Waals surface area contributed by atoms with Crippen molar-refractivity contribution in [2.24, 2.45) is 0 Å². The molecule has 4 aromatic rings. The number of anilines is 1. The number of aryl methyl sites for hydroxylation is 1. The van der Waals surface area contributed by atoms with Gasteiger partial charge in [-0.2, -0.15) is 0 Å². The highest BCUT2D eigenvalue weighted by molar-refractivity contribution is 8.00. The number of hydrogen-bond acceptors (Lipinski definition) is 5. The van der Waals surface area contributed by atoms with Gasteiger partial charge in [0.2, 0.25) is 0 Å². The molecule has 0 bridgehead atoms. The molecule has 0 saturated carbocycles. The first-order valence-corrected chi connectivity index (χ1v) is 11.5.